The molecule has 0 aliphatic rings. The monoisotopic (exact) mass is 753 g/mol. The molecular formula is C41H33F2N9O4. The zero-order valence-electron chi connectivity index (χ0n) is 29.6. The van der Waals surface area contributed by atoms with E-state index >= 15 is 0 Å². The Morgan fingerprint density at radius 2 is 1.11 bits per heavy atom. The molecular weight excluding hydrogens is 721 g/mol. The summed E-state index contributed by atoms with van der Waals surface area (Å²) in [5.41, 5.74) is 10.0. The van der Waals surface area contributed by atoms with Crippen LogP contribution in [0.4, 0.5) is 20.2 Å². The number of hydrogen-bond acceptors (Lipinski definition) is 11. The second-order valence-corrected chi connectivity index (χ2v) is 11.9. The number of benzene rings is 2. The molecule has 2 N–H and O–H groups in total. The molecule has 0 atom stereocenters. The smallest absolute Gasteiger partial charge is 0.314 e. The van der Waals surface area contributed by atoms with Crippen molar-refractivity contribution in [3.05, 3.63) is 180 Å². The first-order valence-electron chi connectivity index (χ1n) is 17.1. The summed E-state index contributed by atoms with van der Waals surface area (Å²) < 4.78 is 30.2. The summed E-state index contributed by atoms with van der Waals surface area (Å²) in [6, 6.07) is 31.9. The number of Topliss-reactive ketones (excluding diaryl/α,β-unsaturated/α-hetero) is 1. The van der Waals surface area contributed by atoms with Crippen molar-refractivity contribution in [2.24, 2.45) is 5.73 Å². The van der Waals surface area contributed by atoms with Gasteiger partial charge in [0.2, 0.25) is 5.89 Å². The van der Waals surface area contributed by atoms with Crippen LogP contribution in [0.15, 0.2) is 151 Å². The van der Waals surface area contributed by atoms with Gasteiger partial charge in [-0.25, -0.2) is 0 Å². The Bertz CT molecular complexity index is 2330. The lowest BCUT2D eigenvalue weighted by Crippen LogP contribution is -2.30. The number of rotatable bonds is 12. The normalized spacial score (nSPS) is 10.6. The molecule has 0 unspecified atom stereocenters. The average molecular weight is 754 g/mol. The van der Waals surface area contributed by atoms with Crippen molar-refractivity contribution < 1.29 is 27.6 Å². The van der Waals surface area contributed by atoms with E-state index in [1.165, 1.54) is 12.4 Å². The Hall–Kier alpha value is -7.39. The maximum absolute atomic E-state index is 13.1. The number of ketones is 1. The molecule has 0 aliphatic carbocycles. The van der Waals surface area contributed by atoms with Gasteiger partial charge in [0.05, 0.1) is 36.6 Å². The number of amides is 2. The maximum Gasteiger partial charge on any atom is 0.314 e. The van der Waals surface area contributed by atoms with E-state index in [0.717, 1.165) is 5.69 Å². The lowest BCUT2D eigenvalue weighted by Gasteiger charge is -2.22. The molecule has 13 nitrogen and oxygen atoms in total. The van der Waals surface area contributed by atoms with Crippen LogP contribution in [-0.2, 0) is 13.1 Å². The molecule has 0 spiro atoms. The molecule has 0 saturated carbocycles. The van der Waals surface area contributed by atoms with Gasteiger partial charge in [-0.1, -0.05) is 36.4 Å². The van der Waals surface area contributed by atoms with Crippen molar-refractivity contribution in [1.29, 1.82) is 0 Å². The van der Waals surface area contributed by atoms with E-state index in [1.807, 2.05) is 60.7 Å². The Labute approximate surface area is 319 Å². The van der Waals surface area contributed by atoms with Gasteiger partial charge in [0.25, 0.3) is 17.7 Å². The number of aromatic nitrogens is 6. The number of para-hydroxylation sites is 2. The molecule has 0 radical (unpaired) electrons. The van der Waals surface area contributed by atoms with Gasteiger partial charge in [0.15, 0.2) is 5.78 Å². The van der Waals surface area contributed by atoms with Crippen LogP contribution in [0.3, 0.4) is 0 Å². The Morgan fingerprint density at radius 1 is 0.607 bits per heavy atom. The topological polar surface area (TPSA) is 174 Å². The average Bonchev–Trinajstić information content (AvgIpc) is 3.77. The fourth-order valence-corrected chi connectivity index (χ4v) is 5.29. The van der Waals surface area contributed by atoms with Crippen LogP contribution in [0.2, 0.25) is 0 Å². The predicted molar refractivity (Wildman–Crippen MR) is 202 cm³/mol. The quantitative estimate of drug-likeness (QED) is 0.130. The molecule has 7 rings (SSSR count). The van der Waals surface area contributed by atoms with Crippen molar-refractivity contribution in [1.82, 2.24) is 30.1 Å². The number of halogens is 2. The third kappa shape index (κ3) is 9.77. The highest BCUT2D eigenvalue weighted by Crippen LogP contribution is 2.24. The molecule has 0 saturated heterocycles. The van der Waals surface area contributed by atoms with Gasteiger partial charge in [-0.3, -0.25) is 34.3 Å². The molecule has 5 heterocycles. The molecule has 2 amide bonds. The Kier molecular flexibility index (Phi) is 12.7. The highest BCUT2D eigenvalue weighted by molar-refractivity contribution is 6.06. The molecule has 2 aromatic carbocycles. The van der Waals surface area contributed by atoms with Crippen molar-refractivity contribution >= 4 is 29.0 Å². The highest BCUT2D eigenvalue weighted by atomic mass is 19.3. The number of anilines is 2. The summed E-state index contributed by atoms with van der Waals surface area (Å²) in [6.45, 7) is 0.428. The molecule has 280 valence electrons. The molecule has 5 aromatic heterocycles. The first kappa shape index (κ1) is 38.3. The third-order valence-corrected chi connectivity index (χ3v) is 8.15. The van der Waals surface area contributed by atoms with Crippen LogP contribution in [-0.4, -0.2) is 54.3 Å². The molecule has 56 heavy (non-hydrogen) atoms. The Balaban J connectivity index is 0.000000192. The summed E-state index contributed by atoms with van der Waals surface area (Å²) in [5.74, 6) is -1.31. The summed E-state index contributed by atoms with van der Waals surface area (Å²) >= 11 is 0. The molecule has 7 aromatic rings. The third-order valence-electron chi connectivity index (χ3n) is 8.15. The zero-order chi connectivity index (χ0) is 39.3. The standard InChI is InChI=1S/C21H15F2N5O2.C20H18N4O2/c22-18(23)20-27-26-19(30-20)15-6-7-16(25-12-15)13-28(17-4-2-1-3-5-17)21(29)14-8-10-24-11-9-14;21-12-19(25)16-6-7-17(23-13-16)14-24(18-4-2-1-3-5-18)20(26)15-8-10-22-11-9-15/h1-12,18H,13H2;1-11,13H,12,14,21H2. The van der Waals surface area contributed by atoms with E-state index in [1.54, 1.807) is 83.1 Å². The minimum Gasteiger partial charge on any atom is -0.415 e. The van der Waals surface area contributed by atoms with E-state index in [2.05, 4.69) is 30.1 Å². The van der Waals surface area contributed by atoms with Crippen LogP contribution in [0.25, 0.3) is 11.5 Å². The van der Waals surface area contributed by atoms with Crippen LogP contribution in [0, 0.1) is 0 Å². The zero-order valence-corrected chi connectivity index (χ0v) is 29.6. The number of nitrogens with two attached hydrogens (primary N) is 1. The molecule has 0 bridgehead atoms. The predicted octanol–water partition coefficient (Wildman–Crippen LogP) is 6.78. The number of alkyl halides is 2. The van der Waals surface area contributed by atoms with Gasteiger partial charge in [0, 0.05) is 65.2 Å². The Morgan fingerprint density at radius 3 is 1.52 bits per heavy atom. The number of carbonyl (C=O) groups is 3. The summed E-state index contributed by atoms with van der Waals surface area (Å²) in [6.07, 6.45) is 6.38. The van der Waals surface area contributed by atoms with E-state index in [0.29, 0.717) is 39.3 Å². The van der Waals surface area contributed by atoms with Crippen LogP contribution >= 0.6 is 0 Å². The number of carbonyl (C=O) groups excluding carboxylic acids is 3. The van der Waals surface area contributed by atoms with Gasteiger partial charge in [-0.05, 0) is 72.8 Å². The van der Waals surface area contributed by atoms with Gasteiger partial charge in [0.1, 0.15) is 0 Å². The molecule has 15 heteroatoms. The van der Waals surface area contributed by atoms with Gasteiger partial charge in [-0.2, -0.15) is 8.78 Å². The lowest BCUT2D eigenvalue weighted by molar-refractivity contribution is 0.0977. The molecule has 0 aliphatic heterocycles. The van der Waals surface area contributed by atoms with Gasteiger partial charge < -0.3 is 20.0 Å². The van der Waals surface area contributed by atoms with Crippen molar-refractivity contribution in [3.8, 4) is 11.5 Å². The second kappa shape index (κ2) is 18.6. The fourth-order valence-electron chi connectivity index (χ4n) is 5.29. The largest absolute Gasteiger partial charge is 0.415 e. The molecule has 0 fully saturated rings. The number of pyridine rings is 4. The summed E-state index contributed by atoms with van der Waals surface area (Å²) in [4.78, 5) is 57.4. The number of hydrogen-bond donors (Lipinski definition) is 1. The highest BCUT2D eigenvalue weighted by Gasteiger charge is 2.21. The maximum atomic E-state index is 13.1. The van der Waals surface area contributed by atoms with E-state index < -0.39 is 12.3 Å². The first-order valence-corrected chi connectivity index (χ1v) is 17.1. The van der Waals surface area contributed by atoms with Crippen LogP contribution in [0.1, 0.15) is 54.8 Å². The summed E-state index contributed by atoms with van der Waals surface area (Å²) in [5, 5.41) is 6.91. The minimum absolute atomic E-state index is 0.0443. The van der Waals surface area contributed by atoms with E-state index in [-0.39, 0.29) is 43.1 Å². The lowest BCUT2D eigenvalue weighted by atomic mass is 10.1. The van der Waals surface area contributed by atoms with Crippen LogP contribution < -0.4 is 15.5 Å². The fraction of sp³-hybridized carbons (Fsp3) is 0.0976. The second-order valence-electron chi connectivity index (χ2n) is 11.9. The van der Waals surface area contributed by atoms with Crippen molar-refractivity contribution in [2.75, 3.05) is 16.3 Å². The number of nitrogens with zero attached hydrogens (tertiary/aromatic N) is 8. The van der Waals surface area contributed by atoms with E-state index in [4.69, 9.17) is 10.2 Å². The minimum atomic E-state index is -2.84. The van der Waals surface area contributed by atoms with Crippen molar-refractivity contribution in [3.63, 3.8) is 0 Å². The van der Waals surface area contributed by atoms with Gasteiger partial charge in [-0.15, -0.1) is 10.2 Å². The SMILES string of the molecule is NCC(=O)c1ccc(CN(C(=O)c2ccncc2)c2ccccc2)nc1.O=C(c1ccncc1)N(Cc1ccc(-c2nnc(C(F)F)o2)cn1)c1ccccc1. The van der Waals surface area contributed by atoms with Crippen molar-refractivity contribution in [2.45, 2.75) is 19.5 Å². The van der Waals surface area contributed by atoms with Gasteiger partial charge >= 0.3 is 6.43 Å². The summed E-state index contributed by atoms with van der Waals surface area (Å²) in [7, 11) is 0. The van der Waals surface area contributed by atoms with E-state index in [9.17, 15) is 23.2 Å². The van der Waals surface area contributed by atoms with Crippen LogP contribution in [0.5, 0.6) is 0 Å². The first-order chi connectivity index (χ1) is 27.3.